The molecule has 0 fully saturated rings. The van der Waals surface area contributed by atoms with Crippen LogP contribution in [0.4, 0.5) is 17.2 Å². The first-order valence-corrected chi connectivity index (χ1v) is 6.19. The highest BCUT2D eigenvalue weighted by molar-refractivity contribution is 9.10. The van der Waals surface area contributed by atoms with Crippen molar-refractivity contribution >= 4 is 33.1 Å². The predicted octanol–water partition coefficient (Wildman–Crippen LogP) is 3.05. The van der Waals surface area contributed by atoms with E-state index >= 15 is 0 Å². The van der Waals surface area contributed by atoms with Gasteiger partial charge in [-0.15, -0.1) is 0 Å². The Kier molecular flexibility index (Phi) is 3.88. The summed E-state index contributed by atoms with van der Waals surface area (Å²) in [5.74, 6) is 1.21. The first-order chi connectivity index (χ1) is 9.13. The van der Waals surface area contributed by atoms with Crippen LogP contribution in [0.25, 0.3) is 0 Å². The maximum Gasteiger partial charge on any atom is 0.153 e. The Morgan fingerprint density at radius 1 is 1.42 bits per heavy atom. The van der Waals surface area contributed by atoms with Crippen molar-refractivity contribution in [1.82, 2.24) is 4.98 Å². The third kappa shape index (κ3) is 2.95. The Morgan fingerprint density at radius 2 is 2.21 bits per heavy atom. The van der Waals surface area contributed by atoms with Gasteiger partial charge in [0.1, 0.15) is 11.8 Å². The molecule has 2 aromatic rings. The number of halogens is 1. The van der Waals surface area contributed by atoms with Gasteiger partial charge in [0.15, 0.2) is 5.82 Å². The van der Waals surface area contributed by atoms with E-state index in [4.69, 9.17) is 15.7 Å². The number of nitrogens with one attached hydrogen (secondary N) is 1. The number of hydrogen-bond donors (Lipinski definition) is 2. The highest BCUT2D eigenvalue weighted by Crippen LogP contribution is 2.30. The van der Waals surface area contributed by atoms with Crippen LogP contribution in [-0.2, 0) is 0 Å². The molecule has 0 aliphatic carbocycles. The summed E-state index contributed by atoms with van der Waals surface area (Å²) in [5.41, 5.74) is 7.46. The zero-order valence-electron chi connectivity index (χ0n) is 10.1. The Balaban J connectivity index is 2.33. The van der Waals surface area contributed by atoms with Crippen LogP contribution in [-0.4, -0.2) is 12.1 Å². The first-order valence-electron chi connectivity index (χ1n) is 5.40. The highest BCUT2D eigenvalue weighted by atomic mass is 79.9. The molecule has 0 radical (unpaired) electrons. The number of methoxy groups -OCH3 is 1. The van der Waals surface area contributed by atoms with Crippen LogP contribution in [0, 0.1) is 11.3 Å². The lowest BCUT2D eigenvalue weighted by atomic mass is 10.2. The number of nitrogens with zero attached hydrogens (tertiary/aromatic N) is 2. The van der Waals surface area contributed by atoms with Crippen LogP contribution >= 0.6 is 15.9 Å². The first kappa shape index (κ1) is 13.2. The number of hydrogen-bond acceptors (Lipinski definition) is 5. The summed E-state index contributed by atoms with van der Waals surface area (Å²) in [6.07, 6.45) is 1.47. The van der Waals surface area contributed by atoms with Crippen molar-refractivity contribution in [2.45, 2.75) is 0 Å². The van der Waals surface area contributed by atoms with Crippen molar-refractivity contribution in [1.29, 1.82) is 5.26 Å². The smallest absolute Gasteiger partial charge is 0.153 e. The average molecular weight is 319 g/mol. The van der Waals surface area contributed by atoms with Crippen molar-refractivity contribution in [3.05, 3.63) is 40.5 Å². The van der Waals surface area contributed by atoms with Crippen molar-refractivity contribution in [2.24, 2.45) is 0 Å². The van der Waals surface area contributed by atoms with Gasteiger partial charge in [0.2, 0.25) is 0 Å². The highest BCUT2D eigenvalue weighted by Gasteiger charge is 2.07. The van der Waals surface area contributed by atoms with Crippen molar-refractivity contribution in [2.75, 3.05) is 18.2 Å². The van der Waals surface area contributed by atoms with Crippen LogP contribution in [0.3, 0.4) is 0 Å². The molecule has 96 valence electrons. The average Bonchev–Trinajstić information content (AvgIpc) is 2.43. The number of aromatic nitrogens is 1. The summed E-state index contributed by atoms with van der Waals surface area (Å²) in [6.45, 7) is 0. The van der Waals surface area contributed by atoms with Crippen molar-refractivity contribution in [3.8, 4) is 11.8 Å². The fourth-order valence-corrected chi connectivity index (χ4v) is 1.85. The van der Waals surface area contributed by atoms with E-state index in [2.05, 4.69) is 26.2 Å². The van der Waals surface area contributed by atoms with E-state index in [1.54, 1.807) is 13.2 Å². The number of nitriles is 1. The molecule has 0 bridgehead atoms. The number of nitrogens with two attached hydrogens (primary N) is 1. The number of anilines is 3. The lowest BCUT2D eigenvalue weighted by Crippen LogP contribution is -2.00. The Bertz CT molecular complexity index is 652. The van der Waals surface area contributed by atoms with Gasteiger partial charge >= 0.3 is 0 Å². The Hall–Kier alpha value is -2.26. The Labute approximate surface area is 119 Å². The fraction of sp³-hybridized carbons (Fsp3) is 0.0769. The van der Waals surface area contributed by atoms with Gasteiger partial charge in [-0.05, 0) is 34.1 Å². The third-order valence-electron chi connectivity index (χ3n) is 2.47. The maximum absolute atomic E-state index is 8.77. The molecular formula is C13H11BrN4O. The van der Waals surface area contributed by atoms with Crippen LogP contribution < -0.4 is 15.8 Å². The zero-order valence-corrected chi connectivity index (χ0v) is 11.7. The third-order valence-corrected chi connectivity index (χ3v) is 3.16. The molecule has 0 saturated heterocycles. The number of benzene rings is 1. The van der Waals surface area contributed by atoms with Gasteiger partial charge in [-0.1, -0.05) is 0 Å². The molecule has 6 heteroatoms. The fourth-order valence-electron chi connectivity index (χ4n) is 1.50. The van der Waals surface area contributed by atoms with E-state index in [1.807, 2.05) is 24.3 Å². The second-order valence-electron chi connectivity index (χ2n) is 3.74. The van der Waals surface area contributed by atoms with Crippen LogP contribution in [0.2, 0.25) is 0 Å². The SMILES string of the molecule is COc1ccc(Br)c(Nc2ncc(C#N)cc2N)c1. The molecular weight excluding hydrogens is 308 g/mol. The molecule has 3 N–H and O–H groups in total. The van der Waals surface area contributed by atoms with E-state index in [0.717, 1.165) is 15.9 Å². The molecule has 0 saturated carbocycles. The van der Waals surface area contributed by atoms with Gasteiger partial charge < -0.3 is 15.8 Å². The van der Waals surface area contributed by atoms with Crippen LogP contribution in [0.15, 0.2) is 34.9 Å². The maximum atomic E-state index is 8.77. The number of ether oxygens (including phenoxy) is 1. The molecule has 0 aliphatic heterocycles. The number of rotatable bonds is 3. The summed E-state index contributed by atoms with van der Waals surface area (Å²) in [6, 6.07) is 9.08. The normalized spacial score (nSPS) is 9.74. The molecule has 1 aromatic carbocycles. The lowest BCUT2D eigenvalue weighted by molar-refractivity contribution is 0.415. The molecule has 0 amide bonds. The Morgan fingerprint density at radius 3 is 2.84 bits per heavy atom. The topological polar surface area (TPSA) is 84.0 Å². The second kappa shape index (κ2) is 5.59. The van der Waals surface area contributed by atoms with Crippen molar-refractivity contribution in [3.63, 3.8) is 0 Å². The molecule has 0 aliphatic rings. The van der Waals surface area contributed by atoms with Gasteiger partial charge in [0.25, 0.3) is 0 Å². The predicted molar refractivity (Wildman–Crippen MR) is 77.3 cm³/mol. The van der Waals surface area contributed by atoms with Gasteiger partial charge in [-0.2, -0.15) is 5.26 Å². The minimum absolute atomic E-state index is 0.411. The van der Waals surface area contributed by atoms with E-state index in [9.17, 15) is 0 Å². The minimum Gasteiger partial charge on any atom is -0.497 e. The largest absolute Gasteiger partial charge is 0.497 e. The minimum atomic E-state index is 0.411. The molecule has 0 spiro atoms. The summed E-state index contributed by atoms with van der Waals surface area (Å²) in [4.78, 5) is 4.12. The molecule has 5 nitrogen and oxygen atoms in total. The molecule has 2 rings (SSSR count). The van der Waals surface area contributed by atoms with Gasteiger partial charge in [0, 0.05) is 16.7 Å². The monoisotopic (exact) mass is 318 g/mol. The van der Waals surface area contributed by atoms with E-state index in [1.165, 1.54) is 6.20 Å². The van der Waals surface area contributed by atoms with Crippen LogP contribution in [0.5, 0.6) is 5.75 Å². The molecule has 1 aromatic heterocycles. The summed E-state index contributed by atoms with van der Waals surface area (Å²) >= 11 is 3.43. The van der Waals surface area contributed by atoms with Crippen LogP contribution in [0.1, 0.15) is 5.56 Å². The van der Waals surface area contributed by atoms with Gasteiger partial charge in [0.05, 0.1) is 24.0 Å². The summed E-state index contributed by atoms with van der Waals surface area (Å²) in [5, 5.41) is 11.9. The van der Waals surface area contributed by atoms with E-state index < -0.39 is 0 Å². The molecule has 1 heterocycles. The number of pyridine rings is 1. The van der Waals surface area contributed by atoms with E-state index in [0.29, 0.717) is 17.1 Å². The zero-order chi connectivity index (χ0) is 13.8. The van der Waals surface area contributed by atoms with E-state index in [-0.39, 0.29) is 0 Å². The van der Waals surface area contributed by atoms with Gasteiger partial charge in [-0.3, -0.25) is 0 Å². The second-order valence-corrected chi connectivity index (χ2v) is 4.60. The lowest BCUT2D eigenvalue weighted by Gasteiger charge is -2.11. The number of nitrogen functional groups attached to an aromatic ring is 1. The summed E-state index contributed by atoms with van der Waals surface area (Å²) in [7, 11) is 1.60. The van der Waals surface area contributed by atoms with Gasteiger partial charge in [-0.25, -0.2) is 4.98 Å². The van der Waals surface area contributed by atoms with Crippen molar-refractivity contribution < 1.29 is 4.74 Å². The molecule has 0 atom stereocenters. The standard InChI is InChI=1S/C13H11BrN4O/c1-19-9-2-3-10(14)12(5-9)18-13-11(16)4-8(6-15)7-17-13/h2-5,7H,16H2,1H3,(H,17,18). The quantitative estimate of drug-likeness (QED) is 0.908. The molecule has 0 unspecified atom stereocenters. The summed E-state index contributed by atoms with van der Waals surface area (Å²) < 4.78 is 6.02. The molecule has 19 heavy (non-hydrogen) atoms.